The predicted octanol–water partition coefficient (Wildman–Crippen LogP) is 6.23. The molecule has 0 heteroatoms. The van der Waals surface area contributed by atoms with Crippen molar-refractivity contribution in [2.24, 2.45) is 5.92 Å². The largest absolute Gasteiger partial charge is 0.0952 e. The first-order valence-electron chi connectivity index (χ1n) is 7.53. The predicted molar refractivity (Wildman–Crippen MR) is 95.4 cm³/mol. The van der Waals surface area contributed by atoms with Crippen molar-refractivity contribution in [2.75, 3.05) is 0 Å². The summed E-state index contributed by atoms with van der Waals surface area (Å²) in [7, 11) is 0. The van der Waals surface area contributed by atoms with Gasteiger partial charge in [-0.25, -0.2) is 0 Å². The number of hydrogen-bond donors (Lipinski definition) is 0. The Labute approximate surface area is 129 Å². The molecule has 0 amide bonds. The van der Waals surface area contributed by atoms with Gasteiger partial charge in [-0.15, -0.1) is 0 Å². The van der Waals surface area contributed by atoms with Crippen molar-refractivity contribution in [1.82, 2.24) is 0 Å². The van der Waals surface area contributed by atoms with E-state index in [1.54, 1.807) is 0 Å². The summed E-state index contributed by atoms with van der Waals surface area (Å²) < 4.78 is 0. The lowest BCUT2D eigenvalue weighted by Crippen LogP contribution is -2.09. The van der Waals surface area contributed by atoms with E-state index in [1.165, 1.54) is 5.56 Å². The molecule has 0 radical (unpaired) electrons. The molecule has 1 aromatic carbocycles. The molecular weight excluding hydrogens is 252 g/mol. The average Bonchev–Trinajstić information content (AvgIpc) is 2.49. The van der Waals surface area contributed by atoms with E-state index in [0.29, 0.717) is 11.8 Å². The molecule has 0 N–H and O–H groups in total. The molecule has 110 valence electrons. The first-order chi connectivity index (χ1) is 10.2. The van der Waals surface area contributed by atoms with Crippen molar-refractivity contribution in [1.29, 1.82) is 0 Å². The van der Waals surface area contributed by atoms with Crippen LogP contribution in [0.3, 0.4) is 0 Å². The Morgan fingerprint density at radius 1 is 0.952 bits per heavy atom. The maximum absolute atomic E-state index is 4.28. The second-order valence-electron chi connectivity index (χ2n) is 5.12. The molecule has 0 aliphatic heterocycles. The first kappa shape index (κ1) is 17.0. The molecule has 1 rings (SSSR count). The van der Waals surface area contributed by atoms with Gasteiger partial charge in [-0.1, -0.05) is 92.4 Å². The van der Waals surface area contributed by atoms with Crippen LogP contribution in [-0.4, -0.2) is 0 Å². The fourth-order valence-corrected chi connectivity index (χ4v) is 2.37. The van der Waals surface area contributed by atoms with Crippen molar-refractivity contribution in [3.05, 3.63) is 96.7 Å². The van der Waals surface area contributed by atoms with Crippen LogP contribution in [0.4, 0.5) is 0 Å². The Bertz CT molecular complexity index is 526. The zero-order valence-corrected chi connectivity index (χ0v) is 13.4. The zero-order chi connectivity index (χ0) is 15.5. The van der Waals surface area contributed by atoms with Crippen molar-refractivity contribution < 1.29 is 0 Å². The average molecular weight is 278 g/mol. The van der Waals surface area contributed by atoms with Gasteiger partial charge in [-0.2, -0.15) is 0 Å². The normalized spacial score (nSPS) is 15.4. The zero-order valence-electron chi connectivity index (χ0n) is 13.4. The van der Waals surface area contributed by atoms with E-state index in [0.717, 1.165) is 5.57 Å². The number of allylic oxidation sites excluding steroid dienone is 9. The summed E-state index contributed by atoms with van der Waals surface area (Å²) in [6.45, 7) is 10.6. The third kappa shape index (κ3) is 5.83. The molecule has 0 aliphatic rings. The van der Waals surface area contributed by atoms with Gasteiger partial charge in [-0.3, -0.25) is 0 Å². The molecule has 2 atom stereocenters. The van der Waals surface area contributed by atoms with E-state index in [9.17, 15) is 0 Å². The standard InChI is InChI=1S/C21H26/c1-5-7-10-14-18(3)21(19(4)15-11-8-6-2)20-16-12-9-13-17-20/h5-17,19,21H,3H2,1-2,4H3/b7-5-,8-6-,14-10-,15-11-. The molecule has 0 bridgehead atoms. The maximum Gasteiger partial charge on any atom is 0.0144 e. The Balaban J connectivity index is 3.02. The van der Waals surface area contributed by atoms with Crippen molar-refractivity contribution >= 4 is 0 Å². The minimum absolute atomic E-state index is 0.300. The molecule has 0 heterocycles. The van der Waals surface area contributed by atoms with Crippen LogP contribution >= 0.6 is 0 Å². The molecule has 0 aliphatic carbocycles. The van der Waals surface area contributed by atoms with Gasteiger partial charge in [-0.05, 0) is 30.9 Å². The number of benzene rings is 1. The molecule has 0 fully saturated rings. The van der Waals surface area contributed by atoms with Gasteiger partial charge in [0.15, 0.2) is 0 Å². The van der Waals surface area contributed by atoms with Gasteiger partial charge in [0.2, 0.25) is 0 Å². The van der Waals surface area contributed by atoms with Gasteiger partial charge in [0.1, 0.15) is 0 Å². The topological polar surface area (TPSA) is 0 Å². The summed E-state index contributed by atoms with van der Waals surface area (Å²) >= 11 is 0. The minimum Gasteiger partial charge on any atom is -0.0952 e. The molecule has 0 spiro atoms. The van der Waals surface area contributed by atoms with Gasteiger partial charge >= 0.3 is 0 Å². The molecule has 2 unspecified atom stereocenters. The third-order valence-electron chi connectivity index (χ3n) is 3.42. The summed E-state index contributed by atoms with van der Waals surface area (Å²) in [5.41, 5.74) is 2.45. The van der Waals surface area contributed by atoms with E-state index >= 15 is 0 Å². The van der Waals surface area contributed by atoms with Gasteiger partial charge < -0.3 is 0 Å². The number of rotatable bonds is 7. The molecular formula is C21H26. The summed E-state index contributed by atoms with van der Waals surface area (Å²) in [6, 6.07) is 10.6. The fourth-order valence-electron chi connectivity index (χ4n) is 2.37. The summed E-state index contributed by atoms with van der Waals surface area (Å²) in [6.07, 6.45) is 16.7. The van der Waals surface area contributed by atoms with Crippen LogP contribution in [-0.2, 0) is 0 Å². The van der Waals surface area contributed by atoms with Crippen LogP contribution < -0.4 is 0 Å². The quantitative estimate of drug-likeness (QED) is 0.519. The Morgan fingerprint density at radius 3 is 2.19 bits per heavy atom. The maximum atomic E-state index is 4.28. The summed E-state index contributed by atoms with van der Waals surface area (Å²) in [5, 5.41) is 0. The van der Waals surface area contributed by atoms with Crippen LogP contribution in [0.2, 0.25) is 0 Å². The van der Waals surface area contributed by atoms with Crippen LogP contribution in [0.25, 0.3) is 0 Å². The fraction of sp³-hybridized carbons (Fsp3) is 0.238. The Morgan fingerprint density at radius 2 is 1.57 bits per heavy atom. The Kier molecular flexibility index (Phi) is 7.89. The van der Waals surface area contributed by atoms with Gasteiger partial charge in [0.05, 0.1) is 0 Å². The number of hydrogen-bond acceptors (Lipinski definition) is 0. The van der Waals surface area contributed by atoms with Crippen LogP contribution in [0.1, 0.15) is 32.3 Å². The van der Waals surface area contributed by atoms with Crippen molar-refractivity contribution in [2.45, 2.75) is 26.7 Å². The van der Waals surface area contributed by atoms with Crippen molar-refractivity contribution in [3.63, 3.8) is 0 Å². The first-order valence-corrected chi connectivity index (χ1v) is 7.53. The second kappa shape index (κ2) is 9.77. The molecule has 0 nitrogen and oxygen atoms in total. The highest BCUT2D eigenvalue weighted by Crippen LogP contribution is 2.32. The highest BCUT2D eigenvalue weighted by atomic mass is 14.2. The van der Waals surface area contributed by atoms with E-state index in [-0.39, 0.29) is 0 Å². The SMILES string of the molecule is C=C(/C=C\C=C/C)C(c1ccccc1)C(C)/C=C\C=C/C. The van der Waals surface area contributed by atoms with Crippen LogP contribution in [0.5, 0.6) is 0 Å². The monoisotopic (exact) mass is 278 g/mol. The second-order valence-corrected chi connectivity index (χ2v) is 5.12. The van der Waals surface area contributed by atoms with E-state index in [1.807, 2.05) is 32.1 Å². The molecule has 0 aromatic heterocycles. The van der Waals surface area contributed by atoms with Gasteiger partial charge in [0, 0.05) is 5.92 Å². The van der Waals surface area contributed by atoms with E-state index in [4.69, 9.17) is 0 Å². The lowest BCUT2D eigenvalue weighted by molar-refractivity contribution is 0.625. The van der Waals surface area contributed by atoms with Crippen LogP contribution in [0.15, 0.2) is 91.1 Å². The Hall–Kier alpha value is -2.08. The van der Waals surface area contributed by atoms with Gasteiger partial charge in [0.25, 0.3) is 0 Å². The third-order valence-corrected chi connectivity index (χ3v) is 3.42. The summed E-state index contributed by atoms with van der Waals surface area (Å²) in [5.74, 6) is 0.695. The highest BCUT2D eigenvalue weighted by molar-refractivity contribution is 5.36. The highest BCUT2D eigenvalue weighted by Gasteiger charge is 2.18. The van der Waals surface area contributed by atoms with Crippen molar-refractivity contribution in [3.8, 4) is 0 Å². The lowest BCUT2D eigenvalue weighted by Gasteiger charge is -2.23. The molecule has 1 aromatic rings. The molecule has 0 saturated carbocycles. The lowest BCUT2D eigenvalue weighted by atomic mass is 9.81. The molecule has 21 heavy (non-hydrogen) atoms. The van der Waals surface area contributed by atoms with E-state index in [2.05, 4.69) is 74.2 Å². The minimum atomic E-state index is 0.300. The van der Waals surface area contributed by atoms with E-state index < -0.39 is 0 Å². The molecule has 0 saturated heterocycles. The smallest absolute Gasteiger partial charge is 0.0144 e. The summed E-state index contributed by atoms with van der Waals surface area (Å²) in [4.78, 5) is 0. The van der Waals surface area contributed by atoms with Crippen LogP contribution in [0, 0.1) is 5.92 Å².